The molecule has 122 valence electrons. The number of hydrogen-bond acceptors (Lipinski definition) is 4. The molecule has 0 saturated carbocycles. The number of amides is 1. The number of sulfonamides is 1. The summed E-state index contributed by atoms with van der Waals surface area (Å²) in [6, 6.07) is 6.37. The van der Waals surface area contributed by atoms with E-state index in [-0.39, 0.29) is 10.9 Å². The molecule has 1 aliphatic heterocycles. The molecule has 22 heavy (non-hydrogen) atoms. The summed E-state index contributed by atoms with van der Waals surface area (Å²) in [4.78, 5) is 13.5. The van der Waals surface area contributed by atoms with Crippen LogP contribution >= 0.6 is 0 Å². The van der Waals surface area contributed by atoms with Gasteiger partial charge < -0.3 is 9.64 Å². The first-order valence-electron chi connectivity index (χ1n) is 7.14. The minimum atomic E-state index is -3.55. The first-order valence-corrected chi connectivity index (χ1v) is 8.62. The van der Waals surface area contributed by atoms with Crippen molar-refractivity contribution >= 4 is 16.1 Å². The Balaban J connectivity index is 1.89. The van der Waals surface area contributed by atoms with Gasteiger partial charge in [0.1, 0.15) is 5.60 Å². The first-order chi connectivity index (χ1) is 10.1. The quantitative estimate of drug-likeness (QED) is 0.920. The van der Waals surface area contributed by atoms with Gasteiger partial charge in [0.15, 0.2) is 0 Å². The van der Waals surface area contributed by atoms with Crippen molar-refractivity contribution < 1.29 is 17.9 Å². The predicted molar refractivity (Wildman–Crippen MR) is 83.1 cm³/mol. The maximum atomic E-state index is 12.2. The normalized spacial score (nSPS) is 16.3. The zero-order valence-corrected chi connectivity index (χ0v) is 14.1. The molecule has 0 aliphatic carbocycles. The van der Waals surface area contributed by atoms with E-state index in [9.17, 15) is 13.2 Å². The van der Waals surface area contributed by atoms with Crippen LogP contribution in [0.25, 0.3) is 0 Å². The average Bonchev–Trinajstić information content (AvgIpc) is 2.31. The van der Waals surface area contributed by atoms with Gasteiger partial charge in [0.2, 0.25) is 10.0 Å². The minimum Gasteiger partial charge on any atom is -0.444 e. The van der Waals surface area contributed by atoms with Gasteiger partial charge in [-0.1, -0.05) is 17.7 Å². The van der Waals surface area contributed by atoms with Gasteiger partial charge in [-0.3, -0.25) is 0 Å². The third-order valence-electron chi connectivity index (χ3n) is 3.19. The van der Waals surface area contributed by atoms with Gasteiger partial charge in [-0.05, 0) is 39.8 Å². The van der Waals surface area contributed by atoms with Crippen molar-refractivity contribution in [3.8, 4) is 0 Å². The van der Waals surface area contributed by atoms with Crippen molar-refractivity contribution in [2.75, 3.05) is 13.1 Å². The number of nitrogens with one attached hydrogen (secondary N) is 1. The summed E-state index contributed by atoms with van der Waals surface area (Å²) in [6.07, 6.45) is -0.418. The SMILES string of the molecule is Cc1ccc(S(=O)(=O)NC2CN(C(=O)OC(C)(C)C)C2)cc1. The zero-order chi connectivity index (χ0) is 16.5. The fraction of sp³-hybridized carbons (Fsp3) is 0.533. The number of rotatable bonds is 3. The van der Waals surface area contributed by atoms with Crippen molar-refractivity contribution in [2.24, 2.45) is 0 Å². The van der Waals surface area contributed by atoms with E-state index in [0.29, 0.717) is 13.1 Å². The molecule has 1 aromatic carbocycles. The molecule has 1 N–H and O–H groups in total. The molecule has 2 rings (SSSR count). The lowest BCUT2D eigenvalue weighted by Gasteiger charge is -2.39. The number of aryl methyl sites for hydroxylation is 1. The molecule has 1 amide bonds. The molecule has 0 bridgehead atoms. The van der Waals surface area contributed by atoms with E-state index in [1.165, 1.54) is 4.90 Å². The van der Waals surface area contributed by atoms with Gasteiger partial charge in [0.05, 0.1) is 10.9 Å². The van der Waals surface area contributed by atoms with Gasteiger partial charge in [-0.15, -0.1) is 0 Å². The lowest BCUT2D eigenvalue weighted by Crippen LogP contribution is -2.61. The lowest BCUT2D eigenvalue weighted by atomic mass is 10.1. The maximum Gasteiger partial charge on any atom is 0.410 e. The summed E-state index contributed by atoms with van der Waals surface area (Å²) >= 11 is 0. The summed E-state index contributed by atoms with van der Waals surface area (Å²) in [7, 11) is -3.55. The monoisotopic (exact) mass is 326 g/mol. The Labute approximate surface area is 131 Å². The maximum absolute atomic E-state index is 12.2. The second-order valence-electron chi connectivity index (χ2n) is 6.52. The number of carbonyl (C=O) groups excluding carboxylic acids is 1. The Morgan fingerprint density at radius 1 is 1.23 bits per heavy atom. The molecular formula is C15H22N2O4S. The van der Waals surface area contributed by atoms with Crippen molar-refractivity contribution in [3.05, 3.63) is 29.8 Å². The van der Waals surface area contributed by atoms with Crippen LogP contribution in [0.5, 0.6) is 0 Å². The molecule has 1 aromatic rings. The topological polar surface area (TPSA) is 75.7 Å². The highest BCUT2D eigenvalue weighted by molar-refractivity contribution is 7.89. The van der Waals surface area contributed by atoms with Gasteiger partial charge >= 0.3 is 6.09 Å². The van der Waals surface area contributed by atoms with E-state index in [1.54, 1.807) is 45.0 Å². The summed E-state index contributed by atoms with van der Waals surface area (Å²) < 4.78 is 32.2. The van der Waals surface area contributed by atoms with Crippen molar-refractivity contribution in [3.63, 3.8) is 0 Å². The third kappa shape index (κ3) is 4.20. The van der Waals surface area contributed by atoms with Crippen LogP contribution < -0.4 is 4.72 Å². The number of ether oxygens (including phenoxy) is 1. The molecule has 1 aliphatic rings. The predicted octanol–water partition coefficient (Wildman–Crippen LogP) is 1.89. The van der Waals surface area contributed by atoms with Gasteiger partial charge in [0, 0.05) is 13.1 Å². The van der Waals surface area contributed by atoms with Crippen LogP contribution in [-0.2, 0) is 14.8 Å². The van der Waals surface area contributed by atoms with Gasteiger partial charge in [0.25, 0.3) is 0 Å². The molecule has 0 spiro atoms. The molecule has 0 unspecified atom stereocenters. The summed E-state index contributed by atoms with van der Waals surface area (Å²) in [6.45, 7) is 7.92. The van der Waals surface area contributed by atoms with E-state index < -0.39 is 21.7 Å². The summed E-state index contributed by atoms with van der Waals surface area (Å²) in [5, 5.41) is 0. The number of carbonyl (C=O) groups is 1. The Morgan fingerprint density at radius 2 is 1.77 bits per heavy atom. The van der Waals surface area contributed by atoms with Gasteiger partial charge in [-0.25, -0.2) is 17.9 Å². The molecule has 6 nitrogen and oxygen atoms in total. The van der Waals surface area contributed by atoms with Crippen LogP contribution in [0.1, 0.15) is 26.3 Å². The largest absolute Gasteiger partial charge is 0.444 e. The average molecular weight is 326 g/mol. The van der Waals surface area contributed by atoms with E-state index in [0.717, 1.165) is 5.56 Å². The zero-order valence-electron chi connectivity index (χ0n) is 13.3. The highest BCUT2D eigenvalue weighted by Crippen LogP contribution is 2.17. The first kappa shape index (κ1) is 16.8. The van der Waals surface area contributed by atoms with E-state index in [4.69, 9.17) is 4.74 Å². The van der Waals surface area contributed by atoms with E-state index in [2.05, 4.69) is 4.72 Å². The fourth-order valence-electron chi connectivity index (χ4n) is 2.03. The van der Waals surface area contributed by atoms with Crippen LogP contribution in [0, 0.1) is 6.92 Å². The molecule has 1 saturated heterocycles. The molecule has 0 radical (unpaired) electrons. The van der Waals surface area contributed by atoms with Crippen LogP contribution in [0.3, 0.4) is 0 Å². The third-order valence-corrected chi connectivity index (χ3v) is 4.72. The second-order valence-corrected chi connectivity index (χ2v) is 8.23. The number of benzene rings is 1. The van der Waals surface area contributed by atoms with Crippen LogP contribution in [0.15, 0.2) is 29.2 Å². The smallest absolute Gasteiger partial charge is 0.410 e. The summed E-state index contributed by atoms with van der Waals surface area (Å²) in [5.74, 6) is 0. The van der Waals surface area contributed by atoms with E-state index in [1.807, 2.05) is 6.92 Å². The van der Waals surface area contributed by atoms with Crippen LogP contribution in [0.2, 0.25) is 0 Å². The molecule has 7 heteroatoms. The molecule has 1 fully saturated rings. The van der Waals surface area contributed by atoms with E-state index >= 15 is 0 Å². The molecule has 1 heterocycles. The van der Waals surface area contributed by atoms with Crippen molar-refractivity contribution in [1.29, 1.82) is 0 Å². The standard InChI is InChI=1S/C15H22N2O4S/c1-11-5-7-13(8-6-11)22(19,20)16-12-9-17(10-12)14(18)21-15(2,3)4/h5-8,12,16H,9-10H2,1-4H3. The lowest BCUT2D eigenvalue weighted by molar-refractivity contribution is 0.00738. The van der Waals surface area contributed by atoms with Crippen molar-refractivity contribution in [2.45, 2.75) is 44.2 Å². The van der Waals surface area contributed by atoms with Crippen molar-refractivity contribution in [1.82, 2.24) is 9.62 Å². The second kappa shape index (κ2) is 5.89. The molecular weight excluding hydrogens is 304 g/mol. The number of hydrogen-bond donors (Lipinski definition) is 1. The number of likely N-dealkylation sites (tertiary alicyclic amines) is 1. The highest BCUT2D eigenvalue weighted by Gasteiger charge is 2.36. The van der Waals surface area contributed by atoms with Gasteiger partial charge in [-0.2, -0.15) is 0 Å². The Kier molecular flexibility index (Phi) is 4.49. The number of nitrogens with zero attached hydrogens (tertiary/aromatic N) is 1. The minimum absolute atomic E-state index is 0.230. The fourth-order valence-corrected chi connectivity index (χ4v) is 3.25. The Morgan fingerprint density at radius 3 is 2.27 bits per heavy atom. The van der Waals surface area contributed by atoms with Crippen LogP contribution in [0.4, 0.5) is 4.79 Å². The Hall–Kier alpha value is -1.60. The highest BCUT2D eigenvalue weighted by atomic mass is 32.2. The summed E-state index contributed by atoms with van der Waals surface area (Å²) in [5.41, 5.74) is 0.447. The Bertz CT molecular complexity index is 641. The van der Waals surface area contributed by atoms with Crippen LogP contribution in [-0.4, -0.2) is 44.1 Å². The molecule has 0 aromatic heterocycles. The molecule has 0 atom stereocenters.